The normalized spacial score (nSPS) is 11.6. The first-order chi connectivity index (χ1) is 17.4. The molecule has 4 rings (SSSR count). The summed E-state index contributed by atoms with van der Waals surface area (Å²) in [5, 5.41) is 22.9. The number of carbonyl (C=O) groups is 1. The molecule has 0 unspecified atom stereocenters. The number of hydrogen-bond acceptors (Lipinski definition) is 6. The van der Waals surface area contributed by atoms with Gasteiger partial charge in [-0.05, 0) is 57.0 Å². The standard InChI is InChI=1S/C26H30FN7O3/c1-14-7-18(27)19(31-25(37)32-20-12-30-34(22(20)13-35)26(2,3)4)9-16(14)17-8-15-11-29-23(28-5)10-21(15)33(6)24(17)36/h7-12,35H,13H2,1-6H3,(H,28,29)(H2,31,32,37). The van der Waals surface area contributed by atoms with E-state index in [1.165, 1.54) is 22.9 Å². The van der Waals surface area contributed by atoms with Gasteiger partial charge in [0.05, 0.1) is 40.9 Å². The highest BCUT2D eigenvalue weighted by atomic mass is 19.1. The molecular weight excluding hydrogens is 477 g/mol. The predicted molar refractivity (Wildman–Crippen MR) is 142 cm³/mol. The molecule has 3 heterocycles. The largest absolute Gasteiger partial charge is 0.390 e. The van der Waals surface area contributed by atoms with E-state index in [0.717, 1.165) is 5.39 Å². The van der Waals surface area contributed by atoms with Crippen molar-refractivity contribution in [2.24, 2.45) is 7.05 Å². The number of nitrogens with zero attached hydrogens (tertiary/aromatic N) is 4. The molecule has 0 radical (unpaired) electrons. The minimum absolute atomic E-state index is 0.0994. The van der Waals surface area contributed by atoms with Crippen LogP contribution in [0.15, 0.2) is 41.5 Å². The average Bonchev–Trinajstić information content (AvgIpc) is 3.26. The minimum Gasteiger partial charge on any atom is -0.390 e. The number of nitrogens with one attached hydrogen (secondary N) is 3. The molecule has 4 aromatic rings. The van der Waals surface area contributed by atoms with Crippen molar-refractivity contribution < 1.29 is 14.3 Å². The van der Waals surface area contributed by atoms with Gasteiger partial charge in [0.25, 0.3) is 5.56 Å². The summed E-state index contributed by atoms with van der Waals surface area (Å²) in [5.41, 5.74) is 2.00. The van der Waals surface area contributed by atoms with E-state index in [0.29, 0.717) is 39.4 Å². The van der Waals surface area contributed by atoms with Gasteiger partial charge in [0.15, 0.2) is 0 Å². The number of benzene rings is 1. The summed E-state index contributed by atoms with van der Waals surface area (Å²) in [6.07, 6.45) is 3.09. The highest BCUT2D eigenvalue weighted by molar-refractivity contribution is 6.00. The van der Waals surface area contributed by atoms with Crippen LogP contribution in [0, 0.1) is 12.7 Å². The van der Waals surface area contributed by atoms with Gasteiger partial charge >= 0.3 is 6.03 Å². The number of halogens is 1. The molecule has 37 heavy (non-hydrogen) atoms. The lowest BCUT2D eigenvalue weighted by Crippen LogP contribution is -2.26. The third-order valence-electron chi connectivity index (χ3n) is 6.12. The van der Waals surface area contributed by atoms with Crippen LogP contribution >= 0.6 is 0 Å². The van der Waals surface area contributed by atoms with Crippen LogP contribution in [0.4, 0.5) is 26.4 Å². The number of aryl methyl sites for hydroxylation is 2. The van der Waals surface area contributed by atoms with E-state index in [9.17, 15) is 19.1 Å². The number of hydrogen-bond donors (Lipinski definition) is 4. The van der Waals surface area contributed by atoms with Crippen molar-refractivity contribution in [2.45, 2.75) is 39.8 Å². The van der Waals surface area contributed by atoms with Crippen molar-refractivity contribution in [3.05, 3.63) is 64.1 Å². The van der Waals surface area contributed by atoms with Gasteiger partial charge in [-0.3, -0.25) is 9.48 Å². The summed E-state index contributed by atoms with van der Waals surface area (Å²) in [5.74, 6) is -0.0229. The third kappa shape index (κ3) is 4.90. The molecule has 10 nitrogen and oxygen atoms in total. The number of rotatable bonds is 5. The van der Waals surface area contributed by atoms with Gasteiger partial charge in [0, 0.05) is 37.3 Å². The molecule has 4 N–H and O–H groups in total. The first-order valence-electron chi connectivity index (χ1n) is 11.7. The molecule has 0 spiro atoms. The molecule has 0 aliphatic heterocycles. The number of anilines is 3. The van der Waals surface area contributed by atoms with Crippen molar-refractivity contribution in [3.63, 3.8) is 0 Å². The summed E-state index contributed by atoms with van der Waals surface area (Å²) in [4.78, 5) is 30.3. The molecule has 1 aromatic carbocycles. The fourth-order valence-electron chi connectivity index (χ4n) is 4.24. The smallest absolute Gasteiger partial charge is 0.323 e. The number of fused-ring (bicyclic) bond motifs is 1. The van der Waals surface area contributed by atoms with Crippen LogP contribution in [0.25, 0.3) is 22.0 Å². The van der Waals surface area contributed by atoms with Gasteiger partial charge in [-0.15, -0.1) is 0 Å². The lowest BCUT2D eigenvalue weighted by molar-refractivity contribution is 0.246. The summed E-state index contributed by atoms with van der Waals surface area (Å²) < 4.78 is 18.0. The van der Waals surface area contributed by atoms with Crippen molar-refractivity contribution in [1.82, 2.24) is 19.3 Å². The van der Waals surface area contributed by atoms with Gasteiger partial charge in [0.2, 0.25) is 0 Å². The first kappa shape index (κ1) is 25.8. The maximum atomic E-state index is 14.9. The molecular formula is C26H30FN7O3. The number of amides is 2. The van der Waals surface area contributed by atoms with E-state index in [1.807, 2.05) is 20.8 Å². The van der Waals surface area contributed by atoms with E-state index >= 15 is 0 Å². The van der Waals surface area contributed by atoms with Crippen molar-refractivity contribution in [3.8, 4) is 11.1 Å². The quantitative estimate of drug-likeness (QED) is 0.321. The monoisotopic (exact) mass is 507 g/mol. The van der Waals surface area contributed by atoms with Crippen LogP contribution in [-0.4, -0.2) is 37.5 Å². The zero-order valence-electron chi connectivity index (χ0n) is 21.6. The Morgan fingerprint density at radius 3 is 2.43 bits per heavy atom. The van der Waals surface area contributed by atoms with Gasteiger partial charge < -0.3 is 25.6 Å². The van der Waals surface area contributed by atoms with Crippen LogP contribution in [0.5, 0.6) is 0 Å². The fourth-order valence-corrected chi connectivity index (χ4v) is 4.24. The number of aromatic nitrogens is 4. The minimum atomic E-state index is -0.716. The van der Waals surface area contributed by atoms with E-state index in [2.05, 4.69) is 26.0 Å². The highest BCUT2D eigenvalue weighted by Crippen LogP contribution is 2.30. The van der Waals surface area contributed by atoms with Crippen LogP contribution in [0.2, 0.25) is 0 Å². The van der Waals surface area contributed by atoms with Gasteiger partial charge in [0.1, 0.15) is 11.6 Å². The Labute approximate surface area is 213 Å². The Bertz CT molecular complexity index is 1570. The zero-order chi connectivity index (χ0) is 27.1. The average molecular weight is 508 g/mol. The van der Waals surface area contributed by atoms with Crippen molar-refractivity contribution >= 4 is 34.1 Å². The van der Waals surface area contributed by atoms with Gasteiger partial charge in [-0.1, -0.05) is 0 Å². The van der Waals surface area contributed by atoms with E-state index in [-0.39, 0.29) is 17.9 Å². The van der Waals surface area contributed by atoms with E-state index in [4.69, 9.17) is 0 Å². The lowest BCUT2D eigenvalue weighted by atomic mass is 9.99. The second-order valence-electron chi connectivity index (χ2n) is 9.77. The Morgan fingerprint density at radius 1 is 1.08 bits per heavy atom. The van der Waals surface area contributed by atoms with Crippen molar-refractivity contribution in [1.29, 1.82) is 0 Å². The molecule has 0 saturated heterocycles. The molecule has 0 saturated carbocycles. The van der Waals surface area contributed by atoms with Crippen LogP contribution in [0.1, 0.15) is 32.0 Å². The molecule has 194 valence electrons. The van der Waals surface area contributed by atoms with Crippen molar-refractivity contribution in [2.75, 3.05) is 23.0 Å². The summed E-state index contributed by atoms with van der Waals surface area (Å²) >= 11 is 0. The predicted octanol–water partition coefficient (Wildman–Crippen LogP) is 4.18. The zero-order valence-corrected chi connectivity index (χ0v) is 21.6. The third-order valence-corrected chi connectivity index (χ3v) is 6.12. The maximum Gasteiger partial charge on any atom is 0.323 e. The van der Waals surface area contributed by atoms with E-state index in [1.54, 1.807) is 44.0 Å². The first-order valence-corrected chi connectivity index (χ1v) is 11.7. The topological polar surface area (TPSA) is 126 Å². The molecule has 0 fully saturated rings. The molecule has 3 aromatic heterocycles. The number of carbonyl (C=O) groups excluding carboxylic acids is 1. The summed E-state index contributed by atoms with van der Waals surface area (Å²) in [7, 11) is 3.41. The maximum absolute atomic E-state index is 14.9. The second-order valence-corrected chi connectivity index (χ2v) is 9.77. The molecule has 11 heteroatoms. The summed E-state index contributed by atoms with van der Waals surface area (Å²) in [6.45, 7) is 7.10. The number of aliphatic hydroxyl groups is 1. The molecule has 0 aliphatic rings. The van der Waals surface area contributed by atoms with E-state index < -0.39 is 17.4 Å². The van der Waals surface area contributed by atoms with Gasteiger partial charge in [-0.2, -0.15) is 5.10 Å². The molecule has 0 bridgehead atoms. The Balaban J connectivity index is 1.69. The second kappa shape index (κ2) is 9.66. The summed E-state index contributed by atoms with van der Waals surface area (Å²) in [6, 6.07) is 5.48. The number of urea groups is 1. The Morgan fingerprint density at radius 2 is 1.78 bits per heavy atom. The van der Waals surface area contributed by atoms with Crippen LogP contribution in [-0.2, 0) is 19.2 Å². The Hall–Kier alpha value is -4.25. The number of pyridine rings is 2. The lowest BCUT2D eigenvalue weighted by Gasteiger charge is -2.22. The molecule has 0 aliphatic carbocycles. The highest BCUT2D eigenvalue weighted by Gasteiger charge is 2.22. The fraction of sp³-hybridized carbons (Fsp3) is 0.308. The van der Waals surface area contributed by atoms with Gasteiger partial charge in [-0.25, -0.2) is 14.2 Å². The van der Waals surface area contributed by atoms with Crippen LogP contribution in [0.3, 0.4) is 0 Å². The Kier molecular flexibility index (Phi) is 6.74. The van der Waals surface area contributed by atoms with Crippen LogP contribution < -0.4 is 21.5 Å². The molecule has 0 atom stereocenters. The SMILES string of the molecule is CNc1cc2c(cn1)cc(-c1cc(NC(=O)Nc3cnn(C(C)(C)C)c3CO)c(F)cc1C)c(=O)n2C. The molecule has 2 amide bonds. The number of aliphatic hydroxyl groups excluding tert-OH is 1.